The van der Waals surface area contributed by atoms with Gasteiger partial charge in [-0.05, 0) is 18.2 Å². The highest BCUT2D eigenvalue weighted by Crippen LogP contribution is 2.22. The number of benzene rings is 1. The van der Waals surface area contributed by atoms with E-state index in [-0.39, 0.29) is 22.4 Å². The van der Waals surface area contributed by atoms with Crippen molar-refractivity contribution in [1.82, 2.24) is 9.55 Å². The number of rotatable bonds is 3. The third-order valence-electron chi connectivity index (χ3n) is 2.38. The van der Waals surface area contributed by atoms with Crippen LogP contribution in [0, 0.1) is 0 Å². The minimum Gasteiger partial charge on any atom is -0.292 e. The number of carbonyl (C=O) groups excluding carboxylic acids is 1. The molecule has 1 heterocycles. The molecule has 1 aromatic heterocycles. The Balaban J connectivity index is 2.28. The number of Topliss-reactive ketones (excluding diaryl/α,β-unsaturated/α-hetero) is 1. The van der Waals surface area contributed by atoms with E-state index in [1.54, 1.807) is 6.07 Å². The lowest BCUT2D eigenvalue weighted by atomic mass is 10.1. The molecule has 0 saturated heterocycles. The zero-order valence-electron chi connectivity index (χ0n) is 9.44. The second kappa shape index (κ2) is 5.74. The Kier molecular flexibility index (Phi) is 4.24. The van der Waals surface area contributed by atoms with E-state index < -0.39 is 5.69 Å². The molecular weight excluding hydrogens is 311 g/mol. The number of nitrogens with zero attached hydrogens (tertiary/aromatic N) is 2. The molecule has 0 unspecified atom stereocenters. The number of ketones is 1. The van der Waals surface area contributed by atoms with Crippen LogP contribution >= 0.6 is 34.8 Å². The van der Waals surface area contributed by atoms with Crippen LogP contribution in [0.5, 0.6) is 0 Å². The van der Waals surface area contributed by atoms with Crippen LogP contribution in [0.25, 0.3) is 0 Å². The van der Waals surface area contributed by atoms with Gasteiger partial charge in [0.1, 0.15) is 0 Å². The average Bonchev–Trinajstić information content (AvgIpc) is 2.37. The van der Waals surface area contributed by atoms with E-state index in [1.807, 2.05) is 0 Å². The van der Waals surface area contributed by atoms with Crippen molar-refractivity contribution in [2.75, 3.05) is 0 Å². The Morgan fingerprint density at radius 1 is 1.21 bits per heavy atom. The Labute approximate surface area is 123 Å². The van der Waals surface area contributed by atoms with Crippen LogP contribution < -0.4 is 5.69 Å². The summed E-state index contributed by atoms with van der Waals surface area (Å²) >= 11 is 17.3. The van der Waals surface area contributed by atoms with Crippen molar-refractivity contribution in [3.63, 3.8) is 0 Å². The standard InChI is InChI=1S/C12H7Cl3N2O2/c13-8-4-16-12(19)17(5-8)6-11(18)7-1-2-9(14)10(15)3-7/h1-5H,6H2. The van der Waals surface area contributed by atoms with E-state index in [2.05, 4.69) is 4.98 Å². The number of carbonyl (C=O) groups is 1. The van der Waals surface area contributed by atoms with Gasteiger partial charge in [-0.2, -0.15) is 0 Å². The molecule has 0 fully saturated rings. The van der Waals surface area contributed by atoms with Crippen molar-refractivity contribution >= 4 is 40.6 Å². The van der Waals surface area contributed by atoms with Crippen LogP contribution in [0.1, 0.15) is 10.4 Å². The molecule has 0 aliphatic heterocycles. The van der Waals surface area contributed by atoms with Gasteiger partial charge in [-0.3, -0.25) is 9.36 Å². The Bertz CT molecular complexity index is 698. The quantitative estimate of drug-likeness (QED) is 0.817. The van der Waals surface area contributed by atoms with Gasteiger partial charge in [0.25, 0.3) is 0 Å². The predicted molar refractivity (Wildman–Crippen MR) is 74.3 cm³/mol. The van der Waals surface area contributed by atoms with Crippen LogP contribution in [-0.2, 0) is 6.54 Å². The molecule has 7 heteroatoms. The smallest absolute Gasteiger partial charge is 0.292 e. The van der Waals surface area contributed by atoms with E-state index in [0.29, 0.717) is 10.6 Å². The van der Waals surface area contributed by atoms with Gasteiger partial charge < -0.3 is 0 Å². The van der Waals surface area contributed by atoms with Gasteiger partial charge in [0, 0.05) is 11.8 Å². The van der Waals surface area contributed by atoms with Crippen molar-refractivity contribution in [2.45, 2.75) is 6.54 Å². The fourth-order valence-corrected chi connectivity index (χ4v) is 1.92. The fraction of sp³-hybridized carbons (Fsp3) is 0.0833. The number of hydrogen-bond acceptors (Lipinski definition) is 3. The van der Waals surface area contributed by atoms with Crippen molar-refractivity contribution in [3.05, 3.63) is 61.7 Å². The molecular formula is C12H7Cl3N2O2. The summed E-state index contributed by atoms with van der Waals surface area (Å²) in [6.07, 6.45) is 2.58. The highest BCUT2D eigenvalue weighted by molar-refractivity contribution is 6.42. The summed E-state index contributed by atoms with van der Waals surface area (Å²) in [5, 5.41) is 0.922. The van der Waals surface area contributed by atoms with E-state index in [1.165, 1.54) is 24.5 Å². The van der Waals surface area contributed by atoms with E-state index in [9.17, 15) is 9.59 Å². The highest BCUT2D eigenvalue weighted by atomic mass is 35.5. The predicted octanol–water partition coefficient (Wildman–Crippen LogP) is 3.09. The van der Waals surface area contributed by atoms with Gasteiger partial charge in [0.05, 0.1) is 27.8 Å². The van der Waals surface area contributed by atoms with E-state index >= 15 is 0 Å². The molecule has 98 valence electrons. The Morgan fingerprint density at radius 3 is 2.63 bits per heavy atom. The normalized spacial score (nSPS) is 10.5. The van der Waals surface area contributed by atoms with Gasteiger partial charge >= 0.3 is 5.69 Å². The zero-order valence-corrected chi connectivity index (χ0v) is 11.7. The monoisotopic (exact) mass is 316 g/mol. The topological polar surface area (TPSA) is 52.0 Å². The van der Waals surface area contributed by atoms with Gasteiger partial charge in [-0.15, -0.1) is 0 Å². The third-order valence-corrected chi connectivity index (χ3v) is 3.31. The average molecular weight is 318 g/mol. The highest BCUT2D eigenvalue weighted by Gasteiger charge is 2.10. The lowest BCUT2D eigenvalue weighted by molar-refractivity contribution is 0.0970. The van der Waals surface area contributed by atoms with Crippen molar-refractivity contribution in [2.24, 2.45) is 0 Å². The number of aromatic nitrogens is 2. The van der Waals surface area contributed by atoms with Gasteiger partial charge in [0.15, 0.2) is 5.78 Å². The van der Waals surface area contributed by atoms with Gasteiger partial charge in [-0.25, -0.2) is 9.78 Å². The summed E-state index contributed by atoms with van der Waals surface area (Å²) in [5.41, 5.74) is -0.181. The van der Waals surface area contributed by atoms with Crippen LogP contribution in [0.3, 0.4) is 0 Å². The lowest BCUT2D eigenvalue weighted by Gasteiger charge is -2.05. The second-order valence-corrected chi connectivity index (χ2v) is 4.99. The summed E-state index contributed by atoms with van der Waals surface area (Å²) in [4.78, 5) is 27.0. The van der Waals surface area contributed by atoms with Crippen LogP contribution in [-0.4, -0.2) is 15.3 Å². The fourth-order valence-electron chi connectivity index (χ4n) is 1.46. The zero-order chi connectivity index (χ0) is 14.0. The number of hydrogen-bond donors (Lipinski definition) is 0. The number of halogens is 3. The molecule has 0 bridgehead atoms. The minimum atomic E-state index is -0.544. The maximum absolute atomic E-state index is 12.0. The minimum absolute atomic E-state index is 0.162. The molecule has 0 saturated carbocycles. The van der Waals surface area contributed by atoms with Crippen molar-refractivity contribution in [3.8, 4) is 0 Å². The molecule has 19 heavy (non-hydrogen) atoms. The maximum atomic E-state index is 12.0. The van der Waals surface area contributed by atoms with Crippen molar-refractivity contribution < 1.29 is 4.79 Å². The van der Waals surface area contributed by atoms with Crippen LogP contribution in [0.15, 0.2) is 35.4 Å². The molecule has 0 aliphatic rings. The Morgan fingerprint density at radius 2 is 1.95 bits per heavy atom. The molecule has 0 atom stereocenters. The summed E-state index contributed by atoms with van der Waals surface area (Å²) in [7, 11) is 0. The molecule has 1 aromatic carbocycles. The molecule has 0 spiro atoms. The first kappa shape index (κ1) is 14.1. The second-order valence-electron chi connectivity index (χ2n) is 3.73. The summed E-state index contributed by atoms with van der Waals surface area (Å²) < 4.78 is 1.13. The molecule has 4 nitrogen and oxygen atoms in total. The molecule has 2 rings (SSSR count). The third kappa shape index (κ3) is 3.35. The lowest BCUT2D eigenvalue weighted by Crippen LogP contribution is -2.25. The summed E-state index contributed by atoms with van der Waals surface area (Å²) in [6.45, 7) is -0.162. The Hall–Kier alpha value is -1.36. The van der Waals surface area contributed by atoms with E-state index in [0.717, 1.165) is 4.57 Å². The maximum Gasteiger partial charge on any atom is 0.348 e. The SMILES string of the molecule is O=C(Cn1cc(Cl)cnc1=O)c1ccc(Cl)c(Cl)c1. The first-order valence-electron chi connectivity index (χ1n) is 5.17. The first-order chi connectivity index (χ1) is 8.97. The van der Waals surface area contributed by atoms with E-state index in [4.69, 9.17) is 34.8 Å². The van der Waals surface area contributed by atoms with Gasteiger partial charge in [-0.1, -0.05) is 34.8 Å². The molecule has 0 aliphatic carbocycles. The molecule has 0 amide bonds. The molecule has 0 N–H and O–H groups in total. The van der Waals surface area contributed by atoms with Crippen molar-refractivity contribution in [1.29, 1.82) is 0 Å². The first-order valence-corrected chi connectivity index (χ1v) is 6.31. The molecule has 0 radical (unpaired) electrons. The largest absolute Gasteiger partial charge is 0.348 e. The summed E-state index contributed by atoms with van der Waals surface area (Å²) in [6, 6.07) is 4.52. The van der Waals surface area contributed by atoms with Crippen LogP contribution in [0.2, 0.25) is 15.1 Å². The summed E-state index contributed by atoms with van der Waals surface area (Å²) in [5.74, 6) is -0.287. The van der Waals surface area contributed by atoms with Crippen LogP contribution in [0.4, 0.5) is 0 Å². The molecule has 2 aromatic rings. The van der Waals surface area contributed by atoms with Gasteiger partial charge in [0.2, 0.25) is 0 Å².